The van der Waals surface area contributed by atoms with E-state index in [2.05, 4.69) is 18.0 Å². The zero-order valence-corrected chi connectivity index (χ0v) is 22.6. The lowest BCUT2D eigenvalue weighted by atomic mass is 9.98. The summed E-state index contributed by atoms with van der Waals surface area (Å²) in [6, 6.07) is 16.8. The van der Waals surface area contributed by atoms with Gasteiger partial charge in [0.25, 0.3) is 0 Å². The molecule has 0 radical (unpaired) electrons. The Balaban J connectivity index is 1.46. The summed E-state index contributed by atoms with van der Waals surface area (Å²) >= 11 is 1.49. The standard InChI is InChI=1S/C28H30N4O3S2/c1-3-22-8-4-10-25-26(22)30-28(36-25)32(18-21-7-5-15-29-17-21)27(33)23-9-6-16-31(19-23)37(34,35)24-13-11-20(2)12-14-24/h4-5,7-8,10-15,17,23H,3,6,9,16,18-19H2,1-2H3. The van der Waals surface area contributed by atoms with E-state index < -0.39 is 15.9 Å². The number of pyridine rings is 1. The fourth-order valence-corrected chi connectivity index (χ4v) is 7.29. The van der Waals surface area contributed by atoms with Crippen LogP contribution < -0.4 is 4.90 Å². The van der Waals surface area contributed by atoms with Crippen molar-refractivity contribution in [3.05, 3.63) is 83.7 Å². The molecule has 7 nitrogen and oxygen atoms in total. The molecule has 1 unspecified atom stereocenters. The number of nitrogens with zero attached hydrogens (tertiary/aromatic N) is 4. The topological polar surface area (TPSA) is 83.5 Å². The maximum absolute atomic E-state index is 14.0. The Morgan fingerprint density at radius 1 is 1.14 bits per heavy atom. The Morgan fingerprint density at radius 2 is 1.95 bits per heavy atom. The number of benzene rings is 2. The van der Waals surface area contributed by atoms with Gasteiger partial charge >= 0.3 is 0 Å². The molecule has 1 amide bonds. The van der Waals surface area contributed by atoms with Crippen molar-refractivity contribution in [3.63, 3.8) is 0 Å². The van der Waals surface area contributed by atoms with Crippen molar-refractivity contribution in [2.75, 3.05) is 18.0 Å². The molecular formula is C28H30N4O3S2. The van der Waals surface area contributed by atoms with Gasteiger partial charge in [0.1, 0.15) is 0 Å². The third-order valence-electron chi connectivity index (χ3n) is 6.82. The lowest BCUT2D eigenvalue weighted by Gasteiger charge is -2.33. The number of amides is 1. The minimum atomic E-state index is -3.68. The molecule has 9 heteroatoms. The zero-order valence-electron chi connectivity index (χ0n) is 21.0. The van der Waals surface area contributed by atoms with Crippen LogP contribution in [0, 0.1) is 12.8 Å². The summed E-state index contributed by atoms with van der Waals surface area (Å²) in [6.07, 6.45) is 5.57. The number of hydrogen-bond acceptors (Lipinski definition) is 6. The van der Waals surface area contributed by atoms with Crippen LogP contribution in [-0.2, 0) is 27.8 Å². The Labute approximate surface area is 221 Å². The number of hydrogen-bond donors (Lipinski definition) is 0. The van der Waals surface area contributed by atoms with Crippen LogP contribution in [0.25, 0.3) is 10.2 Å². The van der Waals surface area contributed by atoms with Crippen molar-refractivity contribution in [2.24, 2.45) is 5.92 Å². The Kier molecular flexibility index (Phi) is 7.37. The molecule has 5 rings (SSSR count). The average Bonchev–Trinajstić information content (AvgIpc) is 3.36. The Bertz CT molecular complexity index is 1500. The van der Waals surface area contributed by atoms with E-state index in [0.717, 1.165) is 33.3 Å². The van der Waals surface area contributed by atoms with Crippen LogP contribution in [0.2, 0.25) is 0 Å². The number of piperidine rings is 1. The number of thiazole rings is 1. The summed E-state index contributed by atoms with van der Waals surface area (Å²) in [4.78, 5) is 25.1. The molecule has 1 saturated heterocycles. The van der Waals surface area contributed by atoms with Crippen LogP contribution in [0.5, 0.6) is 0 Å². The van der Waals surface area contributed by atoms with Crippen LogP contribution in [0.15, 0.2) is 71.9 Å². The molecule has 0 aliphatic carbocycles. The Hall–Kier alpha value is -3.14. The number of fused-ring (bicyclic) bond motifs is 1. The highest BCUT2D eigenvalue weighted by Crippen LogP contribution is 2.34. The zero-order chi connectivity index (χ0) is 26.0. The quantitative estimate of drug-likeness (QED) is 0.326. The first kappa shape index (κ1) is 25.5. The van der Waals surface area contributed by atoms with Crippen LogP contribution >= 0.6 is 11.3 Å². The van der Waals surface area contributed by atoms with Crippen molar-refractivity contribution >= 4 is 42.6 Å². The smallest absolute Gasteiger partial charge is 0.243 e. The molecule has 1 aliphatic heterocycles. The van der Waals surface area contributed by atoms with Gasteiger partial charge in [0.2, 0.25) is 15.9 Å². The van der Waals surface area contributed by atoms with Crippen molar-refractivity contribution in [1.29, 1.82) is 0 Å². The summed E-state index contributed by atoms with van der Waals surface area (Å²) in [5.74, 6) is -0.562. The molecule has 0 spiro atoms. The maximum Gasteiger partial charge on any atom is 0.243 e. The van der Waals surface area contributed by atoms with Crippen LogP contribution in [-0.4, -0.2) is 41.7 Å². The number of para-hydroxylation sites is 1. The summed E-state index contributed by atoms with van der Waals surface area (Å²) in [6.45, 7) is 4.91. The fourth-order valence-electron chi connectivity index (χ4n) is 4.75. The number of carbonyl (C=O) groups is 1. The van der Waals surface area contributed by atoms with E-state index in [0.29, 0.717) is 31.1 Å². The van der Waals surface area contributed by atoms with Gasteiger partial charge in [0.15, 0.2) is 5.13 Å². The minimum Gasteiger partial charge on any atom is -0.283 e. The first-order chi connectivity index (χ1) is 17.9. The third kappa shape index (κ3) is 5.30. The number of aryl methyl sites for hydroxylation is 2. The van der Waals surface area contributed by atoms with Gasteiger partial charge in [0, 0.05) is 25.5 Å². The molecule has 0 N–H and O–H groups in total. The van der Waals surface area contributed by atoms with Gasteiger partial charge < -0.3 is 0 Å². The second-order valence-electron chi connectivity index (χ2n) is 9.41. The van der Waals surface area contributed by atoms with Gasteiger partial charge in [-0.25, -0.2) is 13.4 Å². The molecule has 2 aromatic heterocycles. The summed E-state index contributed by atoms with van der Waals surface area (Å²) in [5, 5.41) is 0.628. The molecule has 1 atom stereocenters. The fraction of sp³-hybridized carbons (Fsp3) is 0.321. The number of anilines is 1. The van der Waals surface area contributed by atoms with Crippen LogP contribution in [0.1, 0.15) is 36.5 Å². The van der Waals surface area contributed by atoms with Crippen molar-refractivity contribution in [1.82, 2.24) is 14.3 Å². The molecule has 0 bridgehead atoms. The monoisotopic (exact) mass is 534 g/mol. The molecule has 0 saturated carbocycles. The van der Waals surface area contributed by atoms with Gasteiger partial charge in [-0.15, -0.1) is 0 Å². The van der Waals surface area contributed by atoms with Crippen molar-refractivity contribution < 1.29 is 13.2 Å². The number of carbonyl (C=O) groups excluding carboxylic acids is 1. The predicted octanol–water partition coefficient (Wildman–Crippen LogP) is 5.20. The first-order valence-corrected chi connectivity index (χ1v) is 14.8. The lowest BCUT2D eigenvalue weighted by Crippen LogP contribution is -2.46. The maximum atomic E-state index is 14.0. The minimum absolute atomic E-state index is 0.107. The second kappa shape index (κ2) is 10.7. The number of aromatic nitrogens is 2. The number of rotatable bonds is 7. The van der Waals surface area contributed by atoms with Gasteiger partial charge in [-0.2, -0.15) is 4.31 Å². The van der Waals surface area contributed by atoms with Gasteiger partial charge in [-0.1, -0.05) is 54.2 Å². The molecule has 1 aliphatic rings. The van der Waals surface area contributed by atoms with E-state index in [1.165, 1.54) is 15.6 Å². The first-order valence-electron chi connectivity index (χ1n) is 12.5. The van der Waals surface area contributed by atoms with Crippen molar-refractivity contribution in [3.8, 4) is 0 Å². The SMILES string of the molecule is CCc1cccc2sc(N(Cc3cccnc3)C(=O)C3CCCN(S(=O)(=O)c4ccc(C)cc4)C3)nc12. The number of sulfonamides is 1. The van der Waals surface area contributed by atoms with Crippen molar-refractivity contribution in [2.45, 2.75) is 44.6 Å². The van der Waals surface area contributed by atoms with E-state index in [4.69, 9.17) is 4.98 Å². The molecule has 2 aromatic carbocycles. The van der Waals surface area contributed by atoms with E-state index in [9.17, 15) is 13.2 Å². The highest BCUT2D eigenvalue weighted by molar-refractivity contribution is 7.89. The highest BCUT2D eigenvalue weighted by atomic mass is 32.2. The lowest BCUT2D eigenvalue weighted by molar-refractivity contribution is -0.123. The van der Waals surface area contributed by atoms with Gasteiger partial charge in [-0.05, 0) is 61.6 Å². The highest BCUT2D eigenvalue weighted by Gasteiger charge is 2.36. The second-order valence-corrected chi connectivity index (χ2v) is 12.4. The summed E-state index contributed by atoms with van der Waals surface area (Å²) in [7, 11) is -3.68. The summed E-state index contributed by atoms with van der Waals surface area (Å²) < 4.78 is 29.2. The molecule has 3 heterocycles. The van der Waals surface area contributed by atoms with Gasteiger partial charge in [0.05, 0.1) is 27.6 Å². The Morgan fingerprint density at radius 3 is 2.68 bits per heavy atom. The average molecular weight is 535 g/mol. The normalized spacial score (nSPS) is 16.6. The summed E-state index contributed by atoms with van der Waals surface area (Å²) in [5.41, 5.74) is 3.95. The van der Waals surface area contributed by atoms with Gasteiger partial charge in [-0.3, -0.25) is 14.7 Å². The van der Waals surface area contributed by atoms with E-state index in [-0.39, 0.29) is 17.3 Å². The van der Waals surface area contributed by atoms with Crippen LogP contribution in [0.4, 0.5) is 5.13 Å². The molecule has 1 fully saturated rings. The third-order valence-corrected chi connectivity index (χ3v) is 9.75. The van der Waals surface area contributed by atoms with Crippen LogP contribution in [0.3, 0.4) is 0 Å². The largest absolute Gasteiger partial charge is 0.283 e. The van der Waals surface area contributed by atoms with E-state index >= 15 is 0 Å². The van der Waals surface area contributed by atoms with E-state index in [1.807, 2.05) is 31.2 Å². The molecular weight excluding hydrogens is 504 g/mol. The molecule has 4 aromatic rings. The molecule has 192 valence electrons. The predicted molar refractivity (Wildman–Crippen MR) is 147 cm³/mol. The molecule has 37 heavy (non-hydrogen) atoms. The van der Waals surface area contributed by atoms with E-state index in [1.54, 1.807) is 41.6 Å².